The van der Waals surface area contributed by atoms with E-state index < -0.39 is 10.0 Å². The van der Waals surface area contributed by atoms with Crippen LogP contribution in [0.5, 0.6) is 0 Å². The van der Waals surface area contributed by atoms with E-state index in [1.54, 1.807) is 4.31 Å². The number of nitrogens with one attached hydrogen (secondary N) is 1. The summed E-state index contributed by atoms with van der Waals surface area (Å²) in [5.74, 6) is 0.0987. The molecule has 3 rings (SSSR count). The molecule has 1 N–H and O–H groups in total. The predicted octanol–water partition coefficient (Wildman–Crippen LogP) is 4.12. The van der Waals surface area contributed by atoms with Gasteiger partial charge in [-0.15, -0.1) is 0 Å². The number of rotatable bonds is 8. The summed E-state index contributed by atoms with van der Waals surface area (Å²) in [6.07, 6.45) is 2.72. The lowest BCUT2D eigenvalue weighted by Crippen LogP contribution is -2.43. The lowest BCUT2D eigenvalue weighted by molar-refractivity contribution is -0.126. The maximum Gasteiger partial charge on any atom is 0.223 e. The molecule has 30 heavy (non-hydrogen) atoms. The number of carbonyl (C=O) groups is 1. The summed E-state index contributed by atoms with van der Waals surface area (Å²) >= 11 is 0. The first kappa shape index (κ1) is 22.5. The molecule has 0 atom stereocenters. The number of carbonyl (C=O) groups excluding carboxylic acids is 1. The molecule has 0 radical (unpaired) electrons. The van der Waals surface area contributed by atoms with Crippen LogP contribution < -0.4 is 5.32 Å². The van der Waals surface area contributed by atoms with Crippen molar-refractivity contribution in [1.82, 2.24) is 9.62 Å². The number of amides is 1. The van der Waals surface area contributed by atoms with Crippen LogP contribution in [0.1, 0.15) is 43.7 Å². The van der Waals surface area contributed by atoms with E-state index in [0.717, 1.165) is 17.5 Å². The number of hydrogen-bond donors (Lipinski definition) is 1. The van der Waals surface area contributed by atoms with Gasteiger partial charge >= 0.3 is 0 Å². The Kier molecular flexibility index (Phi) is 7.67. The van der Waals surface area contributed by atoms with Gasteiger partial charge in [0.25, 0.3) is 0 Å². The number of sulfonamides is 1. The van der Waals surface area contributed by atoms with Gasteiger partial charge in [0, 0.05) is 25.6 Å². The van der Waals surface area contributed by atoms with E-state index in [0.29, 0.717) is 38.9 Å². The molecule has 2 aromatic rings. The second-order valence-electron chi connectivity index (χ2n) is 8.13. The zero-order valence-electron chi connectivity index (χ0n) is 17.9. The third-order valence-electron chi connectivity index (χ3n) is 5.72. The zero-order chi connectivity index (χ0) is 21.6. The van der Waals surface area contributed by atoms with E-state index in [1.165, 1.54) is 11.1 Å². The van der Waals surface area contributed by atoms with Gasteiger partial charge in [0.05, 0.1) is 5.75 Å². The molecule has 0 bridgehead atoms. The third kappa shape index (κ3) is 5.92. The van der Waals surface area contributed by atoms with Gasteiger partial charge in [-0.2, -0.15) is 0 Å². The minimum absolute atomic E-state index is 0.0153. The molecule has 1 aliphatic rings. The highest BCUT2D eigenvalue weighted by Crippen LogP contribution is 2.23. The van der Waals surface area contributed by atoms with Crippen LogP contribution in [0.2, 0.25) is 0 Å². The summed E-state index contributed by atoms with van der Waals surface area (Å²) in [6, 6.07) is 16.6. The standard InChI is InChI=1S/C24H32N2O3S/c1-3-4-15-30(28,29)26-13-11-21(12-14-26)24(27)25-18-20-8-6-10-23(17-20)22-9-5-7-19(2)16-22/h5-10,16-17,21H,3-4,11-15,18H2,1-2H3,(H,25,27). The zero-order valence-corrected chi connectivity index (χ0v) is 18.7. The fourth-order valence-corrected chi connectivity index (χ4v) is 5.55. The molecule has 0 aliphatic carbocycles. The Hall–Kier alpha value is -2.18. The molecule has 0 unspecified atom stereocenters. The van der Waals surface area contributed by atoms with E-state index in [1.807, 2.05) is 25.1 Å². The molecule has 1 saturated heterocycles. The number of nitrogens with zero attached hydrogens (tertiary/aromatic N) is 1. The van der Waals surface area contributed by atoms with Gasteiger partial charge in [-0.1, -0.05) is 61.4 Å². The number of unbranched alkanes of at least 4 members (excludes halogenated alkanes) is 1. The molecule has 0 spiro atoms. The van der Waals surface area contributed by atoms with Crippen molar-refractivity contribution in [1.29, 1.82) is 0 Å². The Balaban J connectivity index is 1.53. The Morgan fingerprint density at radius 2 is 1.73 bits per heavy atom. The summed E-state index contributed by atoms with van der Waals surface area (Å²) in [4.78, 5) is 12.6. The largest absolute Gasteiger partial charge is 0.352 e. The molecule has 5 nitrogen and oxygen atoms in total. The Morgan fingerprint density at radius 1 is 1.07 bits per heavy atom. The first-order valence-corrected chi connectivity index (χ1v) is 12.4. The summed E-state index contributed by atoms with van der Waals surface area (Å²) < 4.78 is 26.2. The van der Waals surface area contributed by atoms with E-state index in [9.17, 15) is 13.2 Å². The first-order chi connectivity index (χ1) is 14.4. The van der Waals surface area contributed by atoms with Crippen LogP contribution in [-0.4, -0.2) is 37.5 Å². The second-order valence-corrected chi connectivity index (χ2v) is 10.2. The van der Waals surface area contributed by atoms with Gasteiger partial charge in [0.1, 0.15) is 0 Å². The molecular formula is C24H32N2O3S. The summed E-state index contributed by atoms with van der Waals surface area (Å²) in [7, 11) is -3.18. The third-order valence-corrected chi connectivity index (χ3v) is 7.68. The highest BCUT2D eigenvalue weighted by molar-refractivity contribution is 7.89. The molecule has 1 aliphatic heterocycles. The molecule has 1 heterocycles. The fraction of sp³-hybridized carbons (Fsp3) is 0.458. The average Bonchev–Trinajstić information content (AvgIpc) is 2.76. The maximum absolute atomic E-state index is 12.6. The Labute approximate surface area is 180 Å². The quantitative estimate of drug-likeness (QED) is 0.688. The summed E-state index contributed by atoms with van der Waals surface area (Å²) in [5, 5.41) is 3.04. The molecule has 162 valence electrons. The second kappa shape index (κ2) is 10.2. The molecular weight excluding hydrogens is 396 g/mol. The van der Waals surface area contributed by atoms with E-state index in [2.05, 4.69) is 42.6 Å². The number of aryl methyl sites for hydroxylation is 1. The molecule has 1 amide bonds. The lowest BCUT2D eigenvalue weighted by atomic mass is 9.97. The van der Waals surface area contributed by atoms with Gasteiger partial charge in [0.2, 0.25) is 15.9 Å². The molecule has 0 saturated carbocycles. The molecule has 2 aromatic carbocycles. The van der Waals surface area contributed by atoms with Crippen molar-refractivity contribution < 1.29 is 13.2 Å². The first-order valence-electron chi connectivity index (χ1n) is 10.8. The van der Waals surface area contributed by atoms with Crippen LogP contribution in [-0.2, 0) is 21.4 Å². The normalized spacial score (nSPS) is 15.8. The van der Waals surface area contributed by atoms with Crippen molar-refractivity contribution in [3.05, 3.63) is 59.7 Å². The van der Waals surface area contributed by atoms with Crippen molar-refractivity contribution in [2.75, 3.05) is 18.8 Å². The predicted molar refractivity (Wildman–Crippen MR) is 121 cm³/mol. The smallest absolute Gasteiger partial charge is 0.223 e. The summed E-state index contributed by atoms with van der Waals surface area (Å²) in [6.45, 7) is 5.42. The Bertz CT molecular complexity index is 964. The number of benzene rings is 2. The van der Waals surface area contributed by atoms with Crippen LogP contribution in [0.25, 0.3) is 11.1 Å². The highest BCUT2D eigenvalue weighted by atomic mass is 32.2. The monoisotopic (exact) mass is 428 g/mol. The lowest BCUT2D eigenvalue weighted by Gasteiger charge is -2.30. The van der Waals surface area contributed by atoms with E-state index in [-0.39, 0.29) is 17.6 Å². The van der Waals surface area contributed by atoms with Crippen molar-refractivity contribution in [3.63, 3.8) is 0 Å². The molecule has 0 aromatic heterocycles. The molecule has 1 fully saturated rings. The van der Waals surface area contributed by atoms with E-state index in [4.69, 9.17) is 0 Å². The van der Waals surface area contributed by atoms with Crippen molar-refractivity contribution >= 4 is 15.9 Å². The van der Waals surface area contributed by atoms with Crippen LogP contribution in [0.3, 0.4) is 0 Å². The fourth-order valence-electron chi connectivity index (χ4n) is 3.87. The van der Waals surface area contributed by atoms with Gasteiger partial charge < -0.3 is 5.32 Å². The van der Waals surface area contributed by atoms with Crippen LogP contribution in [0.15, 0.2) is 48.5 Å². The van der Waals surface area contributed by atoms with Crippen molar-refractivity contribution in [2.24, 2.45) is 5.92 Å². The van der Waals surface area contributed by atoms with Crippen LogP contribution >= 0.6 is 0 Å². The van der Waals surface area contributed by atoms with Crippen LogP contribution in [0, 0.1) is 12.8 Å². The minimum Gasteiger partial charge on any atom is -0.352 e. The van der Waals surface area contributed by atoms with E-state index >= 15 is 0 Å². The topological polar surface area (TPSA) is 66.5 Å². The van der Waals surface area contributed by atoms with Gasteiger partial charge in [0.15, 0.2) is 0 Å². The Morgan fingerprint density at radius 3 is 2.40 bits per heavy atom. The van der Waals surface area contributed by atoms with Gasteiger partial charge in [-0.25, -0.2) is 12.7 Å². The number of piperidine rings is 1. The summed E-state index contributed by atoms with van der Waals surface area (Å²) in [5.41, 5.74) is 4.58. The maximum atomic E-state index is 12.6. The van der Waals surface area contributed by atoms with Crippen molar-refractivity contribution in [2.45, 2.75) is 46.1 Å². The van der Waals surface area contributed by atoms with Gasteiger partial charge in [-0.3, -0.25) is 4.79 Å². The minimum atomic E-state index is -3.18. The highest BCUT2D eigenvalue weighted by Gasteiger charge is 2.30. The molecule has 6 heteroatoms. The number of hydrogen-bond acceptors (Lipinski definition) is 3. The van der Waals surface area contributed by atoms with Gasteiger partial charge in [-0.05, 0) is 48.9 Å². The van der Waals surface area contributed by atoms with Crippen molar-refractivity contribution in [3.8, 4) is 11.1 Å². The average molecular weight is 429 g/mol. The van der Waals surface area contributed by atoms with Crippen LogP contribution in [0.4, 0.5) is 0 Å². The SMILES string of the molecule is CCCCS(=O)(=O)N1CCC(C(=O)NCc2cccc(-c3cccc(C)c3)c2)CC1.